The molecule has 0 fully saturated rings. The maximum Gasteiger partial charge on any atom is 0.416 e. The fraction of sp³-hybridized carbons (Fsp3) is 0.250. The van der Waals surface area contributed by atoms with Crippen LogP contribution in [-0.4, -0.2) is 19.1 Å². The molecule has 0 saturated carbocycles. The molecule has 2 aromatic carbocycles. The summed E-state index contributed by atoms with van der Waals surface area (Å²) in [5.74, 6) is 0.628. The SMILES string of the molecule is COc1cccc(CN(C)c2ccc(C(F)(F)F)cc2[N+](=O)[O-])c1. The zero-order valence-electron chi connectivity index (χ0n) is 13.0. The normalized spacial score (nSPS) is 11.2. The Balaban J connectivity index is 2.34. The van der Waals surface area contributed by atoms with Crippen LogP contribution in [0.3, 0.4) is 0 Å². The van der Waals surface area contributed by atoms with E-state index in [1.807, 2.05) is 0 Å². The Morgan fingerprint density at radius 1 is 1.21 bits per heavy atom. The molecule has 24 heavy (non-hydrogen) atoms. The first-order valence-corrected chi connectivity index (χ1v) is 6.92. The van der Waals surface area contributed by atoms with Crippen molar-refractivity contribution in [2.45, 2.75) is 12.7 Å². The van der Waals surface area contributed by atoms with Gasteiger partial charge in [0.15, 0.2) is 0 Å². The Bertz CT molecular complexity index is 748. The molecule has 0 aliphatic rings. The van der Waals surface area contributed by atoms with Gasteiger partial charge >= 0.3 is 6.18 Å². The van der Waals surface area contributed by atoms with Crippen LogP contribution in [-0.2, 0) is 12.7 Å². The zero-order valence-corrected chi connectivity index (χ0v) is 13.0. The third-order valence-electron chi connectivity index (χ3n) is 3.46. The Hall–Kier alpha value is -2.77. The fourth-order valence-electron chi connectivity index (χ4n) is 2.30. The highest BCUT2D eigenvalue weighted by Crippen LogP contribution is 2.36. The van der Waals surface area contributed by atoms with Crippen LogP contribution >= 0.6 is 0 Å². The van der Waals surface area contributed by atoms with E-state index in [1.165, 1.54) is 12.0 Å². The first kappa shape index (κ1) is 17.6. The summed E-state index contributed by atoms with van der Waals surface area (Å²) < 4.78 is 43.3. The maximum absolute atomic E-state index is 12.7. The van der Waals surface area contributed by atoms with Gasteiger partial charge in [0, 0.05) is 19.7 Å². The van der Waals surface area contributed by atoms with E-state index in [1.54, 1.807) is 31.3 Å². The molecule has 0 unspecified atom stereocenters. The molecule has 0 spiro atoms. The van der Waals surface area contributed by atoms with Crippen molar-refractivity contribution in [1.82, 2.24) is 0 Å². The van der Waals surface area contributed by atoms with Crippen molar-refractivity contribution in [3.63, 3.8) is 0 Å². The molecule has 0 aromatic heterocycles. The highest BCUT2D eigenvalue weighted by Gasteiger charge is 2.33. The first-order chi connectivity index (χ1) is 11.2. The van der Waals surface area contributed by atoms with Gasteiger partial charge in [-0.15, -0.1) is 0 Å². The number of ether oxygens (including phenoxy) is 1. The summed E-state index contributed by atoms with van der Waals surface area (Å²) in [4.78, 5) is 11.9. The summed E-state index contributed by atoms with van der Waals surface area (Å²) >= 11 is 0. The number of rotatable bonds is 5. The number of nitro benzene ring substituents is 1. The number of halogens is 3. The summed E-state index contributed by atoms with van der Waals surface area (Å²) in [6.07, 6.45) is -4.63. The number of hydrogen-bond acceptors (Lipinski definition) is 4. The van der Waals surface area contributed by atoms with E-state index >= 15 is 0 Å². The molecule has 0 bridgehead atoms. The molecule has 0 heterocycles. The molecule has 0 radical (unpaired) electrons. The van der Waals surface area contributed by atoms with Crippen LogP contribution < -0.4 is 9.64 Å². The predicted molar refractivity (Wildman–Crippen MR) is 83.2 cm³/mol. The number of benzene rings is 2. The fourth-order valence-corrected chi connectivity index (χ4v) is 2.30. The van der Waals surface area contributed by atoms with E-state index < -0.39 is 22.4 Å². The quantitative estimate of drug-likeness (QED) is 0.603. The van der Waals surface area contributed by atoms with Crippen LogP contribution in [0.5, 0.6) is 5.75 Å². The molecule has 128 valence electrons. The lowest BCUT2D eigenvalue weighted by molar-refractivity contribution is -0.384. The zero-order chi connectivity index (χ0) is 17.9. The lowest BCUT2D eigenvalue weighted by Gasteiger charge is -2.20. The average Bonchev–Trinajstić information content (AvgIpc) is 2.53. The van der Waals surface area contributed by atoms with Gasteiger partial charge in [-0.25, -0.2) is 0 Å². The molecule has 8 heteroatoms. The molecule has 2 rings (SSSR count). The molecular weight excluding hydrogens is 325 g/mol. The van der Waals surface area contributed by atoms with Gasteiger partial charge in [-0.2, -0.15) is 13.2 Å². The van der Waals surface area contributed by atoms with Crippen LogP contribution in [0, 0.1) is 10.1 Å². The van der Waals surface area contributed by atoms with Crippen LogP contribution in [0.2, 0.25) is 0 Å². The van der Waals surface area contributed by atoms with Gasteiger partial charge in [0.1, 0.15) is 11.4 Å². The summed E-state index contributed by atoms with van der Waals surface area (Å²) in [6, 6.07) is 9.58. The minimum Gasteiger partial charge on any atom is -0.497 e. The molecular formula is C16H15F3N2O3. The van der Waals surface area contributed by atoms with Crippen molar-refractivity contribution in [2.24, 2.45) is 0 Å². The third-order valence-corrected chi connectivity index (χ3v) is 3.46. The molecule has 0 N–H and O–H groups in total. The minimum absolute atomic E-state index is 0.107. The summed E-state index contributed by atoms with van der Waals surface area (Å²) in [5.41, 5.74) is -0.718. The Morgan fingerprint density at radius 3 is 2.50 bits per heavy atom. The van der Waals surface area contributed by atoms with Crippen molar-refractivity contribution < 1.29 is 22.8 Å². The maximum atomic E-state index is 12.7. The van der Waals surface area contributed by atoms with E-state index in [0.717, 1.165) is 17.7 Å². The van der Waals surface area contributed by atoms with Crippen molar-refractivity contribution in [2.75, 3.05) is 19.1 Å². The summed E-state index contributed by atoms with van der Waals surface area (Å²) in [7, 11) is 3.10. The lowest BCUT2D eigenvalue weighted by Crippen LogP contribution is -2.18. The van der Waals surface area contributed by atoms with E-state index in [9.17, 15) is 23.3 Å². The lowest BCUT2D eigenvalue weighted by atomic mass is 10.1. The molecule has 0 aliphatic heterocycles. The van der Waals surface area contributed by atoms with E-state index in [-0.39, 0.29) is 12.2 Å². The van der Waals surface area contributed by atoms with E-state index in [2.05, 4.69) is 0 Å². The minimum atomic E-state index is -4.63. The average molecular weight is 340 g/mol. The smallest absolute Gasteiger partial charge is 0.416 e. The number of anilines is 1. The summed E-state index contributed by atoms with van der Waals surface area (Å²) in [5, 5.41) is 11.1. The Labute approximate surface area is 136 Å². The van der Waals surface area contributed by atoms with Gasteiger partial charge in [-0.05, 0) is 29.8 Å². The largest absolute Gasteiger partial charge is 0.497 e. The number of methoxy groups -OCH3 is 1. The predicted octanol–water partition coefficient (Wildman–Crippen LogP) is 4.26. The molecule has 5 nitrogen and oxygen atoms in total. The van der Waals surface area contributed by atoms with Crippen LogP contribution in [0.15, 0.2) is 42.5 Å². The van der Waals surface area contributed by atoms with Crippen molar-refractivity contribution in [3.8, 4) is 5.75 Å². The third kappa shape index (κ3) is 3.95. The Morgan fingerprint density at radius 2 is 1.92 bits per heavy atom. The standard InChI is InChI=1S/C16H15F3N2O3/c1-20(10-11-4-3-5-13(8-11)24-2)14-7-6-12(16(17,18)19)9-15(14)21(22)23/h3-9H,10H2,1-2H3. The monoisotopic (exact) mass is 340 g/mol. The van der Waals surface area contributed by atoms with E-state index in [0.29, 0.717) is 11.8 Å². The molecule has 0 aliphatic carbocycles. The van der Waals surface area contributed by atoms with Gasteiger partial charge < -0.3 is 9.64 Å². The second-order valence-corrected chi connectivity index (χ2v) is 5.17. The second kappa shape index (κ2) is 6.77. The van der Waals surface area contributed by atoms with Crippen molar-refractivity contribution >= 4 is 11.4 Å². The van der Waals surface area contributed by atoms with Gasteiger partial charge in [-0.1, -0.05) is 12.1 Å². The number of nitro groups is 1. The van der Waals surface area contributed by atoms with Gasteiger partial charge in [0.2, 0.25) is 0 Å². The van der Waals surface area contributed by atoms with Crippen LogP contribution in [0.1, 0.15) is 11.1 Å². The number of alkyl halides is 3. The second-order valence-electron chi connectivity index (χ2n) is 5.17. The highest BCUT2D eigenvalue weighted by atomic mass is 19.4. The Kier molecular flexibility index (Phi) is 4.96. The van der Waals surface area contributed by atoms with Gasteiger partial charge in [0.05, 0.1) is 17.6 Å². The van der Waals surface area contributed by atoms with Gasteiger partial charge in [-0.3, -0.25) is 10.1 Å². The summed E-state index contributed by atoms with van der Waals surface area (Å²) in [6.45, 7) is 0.281. The van der Waals surface area contributed by atoms with Crippen molar-refractivity contribution in [3.05, 3.63) is 63.7 Å². The van der Waals surface area contributed by atoms with Crippen LogP contribution in [0.25, 0.3) is 0 Å². The first-order valence-electron chi connectivity index (χ1n) is 6.92. The molecule has 0 atom stereocenters. The van der Waals surface area contributed by atoms with E-state index in [4.69, 9.17) is 4.74 Å². The van der Waals surface area contributed by atoms with Crippen LogP contribution in [0.4, 0.5) is 24.5 Å². The molecule has 0 amide bonds. The number of hydrogen-bond donors (Lipinski definition) is 0. The number of nitrogens with zero attached hydrogens (tertiary/aromatic N) is 2. The molecule has 0 saturated heterocycles. The van der Waals surface area contributed by atoms with Gasteiger partial charge in [0.25, 0.3) is 5.69 Å². The van der Waals surface area contributed by atoms with Crippen molar-refractivity contribution in [1.29, 1.82) is 0 Å². The highest BCUT2D eigenvalue weighted by molar-refractivity contribution is 5.64. The molecule has 2 aromatic rings. The topological polar surface area (TPSA) is 55.6 Å².